The van der Waals surface area contributed by atoms with E-state index in [1.54, 1.807) is 18.3 Å². The summed E-state index contributed by atoms with van der Waals surface area (Å²) in [5, 5.41) is 3.17. The molecule has 0 bridgehead atoms. The average Bonchev–Trinajstić information content (AvgIpc) is 2.73. The van der Waals surface area contributed by atoms with Gasteiger partial charge in [-0.15, -0.1) is 0 Å². The fraction of sp³-hybridized carbons (Fsp3) is 0.308. The first-order chi connectivity index (χ1) is 8.16. The average molecular weight is 234 g/mol. The van der Waals surface area contributed by atoms with E-state index in [1.807, 2.05) is 19.9 Å². The number of hydrogen-bond donors (Lipinski definition) is 1. The lowest BCUT2D eigenvalue weighted by Crippen LogP contribution is -2.19. The number of halogens is 1. The van der Waals surface area contributed by atoms with Crippen LogP contribution in [0.25, 0.3) is 0 Å². The van der Waals surface area contributed by atoms with Crippen LogP contribution in [0, 0.1) is 12.7 Å². The van der Waals surface area contributed by atoms with E-state index >= 15 is 0 Å². The predicted molar refractivity (Wildman–Crippen MR) is 62.9 cm³/mol. The lowest BCUT2D eigenvalue weighted by atomic mass is 10.1. The third-order valence-corrected chi connectivity index (χ3v) is 2.60. The summed E-state index contributed by atoms with van der Waals surface area (Å²) in [5.74, 6) is 1.20. The zero-order valence-corrected chi connectivity index (χ0v) is 9.90. The van der Waals surface area contributed by atoms with Gasteiger partial charge in [-0.25, -0.2) is 9.37 Å². The molecule has 0 spiro atoms. The van der Waals surface area contributed by atoms with E-state index in [9.17, 15) is 4.39 Å². The molecule has 3 nitrogen and oxygen atoms in total. The van der Waals surface area contributed by atoms with Gasteiger partial charge in [0.25, 0.3) is 0 Å². The lowest BCUT2D eigenvalue weighted by molar-refractivity contribution is 0.427. The summed E-state index contributed by atoms with van der Waals surface area (Å²) in [5.41, 5.74) is 0.649. The van der Waals surface area contributed by atoms with Crippen LogP contribution in [0.5, 0.6) is 0 Å². The maximum Gasteiger partial charge on any atom is 0.208 e. The quantitative estimate of drug-likeness (QED) is 0.883. The van der Waals surface area contributed by atoms with Crippen molar-refractivity contribution in [2.45, 2.75) is 26.4 Å². The van der Waals surface area contributed by atoms with Gasteiger partial charge in [0.2, 0.25) is 5.89 Å². The second-order valence-corrected chi connectivity index (χ2v) is 3.99. The minimum atomic E-state index is -0.198. The smallest absolute Gasteiger partial charge is 0.208 e. The second kappa shape index (κ2) is 5.10. The zero-order valence-electron chi connectivity index (χ0n) is 9.90. The summed E-state index contributed by atoms with van der Waals surface area (Å²) in [7, 11) is 0. The highest BCUT2D eigenvalue weighted by atomic mass is 19.1. The SMILES string of the molecule is Cc1cnc(CNC(C)c2ccccc2F)o1. The molecule has 2 aromatic rings. The van der Waals surface area contributed by atoms with E-state index < -0.39 is 0 Å². The van der Waals surface area contributed by atoms with Crippen molar-refractivity contribution in [2.75, 3.05) is 0 Å². The predicted octanol–water partition coefficient (Wildman–Crippen LogP) is 2.97. The van der Waals surface area contributed by atoms with E-state index in [2.05, 4.69) is 10.3 Å². The Hall–Kier alpha value is -1.68. The largest absolute Gasteiger partial charge is 0.445 e. The van der Waals surface area contributed by atoms with Gasteiger partial charge in [-0.1, -0.05) is 18.2 Å². The zero-order chi connectivity index (χ0) is 12.3. The van der Waals surface area contributed by atoms with Gasteiger partial charge in [0.15, 0.2) is 0 Å². The van der Waals surface area contributed by atoms with Crippen molar-refractivity contribution in [3.63, 3.8) is 0 Å². The van der Waals surface area contributed by atoms with Crippen molar-refractivity contribution in [3.05, 3.63) is 53.5 Å². The van der Waals surface area contributed by atoms with Gasteiger partial charge in [-0.05, 0) is 19.9 Å². The molecule has 0 saturated heterocycles. The van der Waals surface area contributed by atoms with Crippen molar-refractivity contribution in [3.8, 4) is 0 Å². The first-order valence-electron chi connectivity index (χ1n) is 5.56. The summed E-state index contributed by atoms with van der Waals surface area (Å²) in [4.78, 5) is 4.08. The van der Waals surface area contributed by atoms with Crippen molar-refractivity contribution < 1.29 is 8.81 Å². The molecule has 0 aliphatic heterocycles. The van der Waals surface area contributed by atoms with Crippen molar-refractivity contribution >= 4 is 0 Å². The number of aryl methyl sites for hydroxylation is 1. The van der Waals surface area contributed by atoms with Crippen LogP contribution in [0.15, 0.2) is 34.9 Å². The molecule has 4 heteroatoms. The molecular weight excluding hydrogens is 219 g/mol. The highest BCUT2D eigenvalue weighted by Gasteiger charge is 2.10. The van der Waals surface area contributed by atoms with Gasteiger partial charge in [0.05, 0.1) is 12.7 Å². The van der Waals surface area contributed by atoms with Crippen molar-refractivity contribution in [1.29, 1.82) is 0 Å². The fourth-order valence-corrected chi connectivity index (χ4v) is 1.66. The Morgan fingerprint density at radius 1 is 1.41 bits per heavy atom. The molecular formula is C13H15FN2O. The van der Waals surface area contributed by atoms with Crippen LogP contribution in [0.3, 0.4) is 0 Å². The first kappa shape index (κ1) is 11.8. The van der Waals surface area contributed by atoms with Crippen LogP contribution in [-0.2, 0) is 6.54 Å². The normalized spacial score (nSPS) is 12.6. The van der Waals surface area contributed by atoms with E-state index in [0.29, 0.717) is 18.0 Å². The lowest BCUT2D eigenvalue weighted by Gasteiger charge is -2.13. The van der Waals surface area contributed by atoms with E-state index in [1.165, 1.54) is 6.07 Å². The summed E-state index contributed by atoms with van der Waals surface area (Å²) in [6.07, 6.45) is 1.67. The molecule has 0 radical (unpaired) electrons. The van der Waals surface area contributed by atoms with E-state index in [0.717, 1.165) is 5.76 Å². The monoisotopic (exact) mass is 234 g/mol. The fourth-order valence-electron chi connectivity index (χ4n) is 1.66. The minimum absolute atomic E-state index is 0.0802. The molecule has 1 atom stereocenters. The summed E-state index contributed by atoms with van der Waals surface area (Å²) < 4.78 is 18.8. The number of benzene rings is 1. The molecule has 0 aliphatic carbocycles. The Bertz CT molecular complexity index is 496. The Balaban J connectivity index is 1.98. The Morgan fingerprint density at radius 3 is 2.82 bits per heavy atom. The summed E-state index contributed by atoms with van der Waals surface area (Å²) in [6.45, 7) is 4.24. The van der Waals surface area contributed by atoms with Gasteiger partial charge < -0.3 is 9.73 Å². The van der Waals surface area contributed by atoms with Gasteiger partial charge in [0, 0.05) is 11.6 Å². The summed E-state index contributed by atoms with van der Waals surface area (Å²) >= 11 is 0. The van der Waals surface area contributed by atoms with Gasteiger partial charge in [-0.3, -0.25) is 0 Å². The molecule has 2 rings (SSSR count). The Kier molecular flexibility index (Phi) is 3.54. The van der Waals surface area contributed by atoms with Crippen LogP contribution in [-0.4, -0.2) is 4.98 Å². The standard InChI is InChI=1S/C13H15FN2O/c1-9-7-16-13(17-9)8-15-10(2)11-5-3-4-6-12(11)14/h3-7,10,15H,8H2,1-2H3. The number of oxazole rings is 1. The number of hydrogen-bond acceptors (Lipinski definition) is 3. The number of nitrogens with one attached hydrogen (secondary N) is 1. The number of aromatic nitrogens is 1. The highest BCUT2D eigenvalue weighted by molar-refractivity contribution is 5.20. The second-order valence-electron chi connectivity index (χ2n) is 3.99. The van der Waals surface area contributed by atoms with Crippen molar-refractivity contribution in [2.24, 2.45) is 0 Å². The number of nitrogens with zero attached hydrogens (tertiary/aromatic N) is 1. The third kappa shape index (κ3) is 2.91. The molecule has 1 heterocycles. The van der Waals surface area contributed by atoms with Crippen LogP contribution in [0.1, 0.15) is 30.2 Å². The van der Waals surface area contributed by atoms with Gasteiger partial charge in [-0.2, -0.15) is 0 Å². The molecule has 1 N–H and O–H groups in total. The molecule has 0 fully saturated rings. The van der Waals surface area contributed by atoms with Crippen LogP contribution >= 0.6 is 0 Å². The molecule has 1 aromatic heterocycles. The molecule has 0 saturated carbocycles. The van der Waals surface area contributed by atoms with Crippen LogP contribution in [0.2, 0.25) is 0 Å². The van der Waals surface area contributed by atoms with E-state index in [-0.39, 0.29) is 11.9 Å². The maximum absolute atomic E-state index is 13.5. The maximum atomic E-state index is 13.5. The first-order valence-corrected chi connectivity index (χ1v) is 5.56. The van der Waals surface area contributed by atoms with Gasteiger partial charge in [0.1, 0.15) is 11.6 Å². The topological polar surface area (TPSA) is 38.1 Å². The summed E-state index contributed by atoms with van der Waals surface area (Å²) in [6, 6.07) is 6.66. The van der Waals surface area contributed by atoms with E-state index in [4.69, 9.17) is 4.42 Å². The molecule has 90 valence electrons. The molecule has 1 aromatic carbocycles. The molecule has 0 aliphatic rings. The highest BCUT2D eigenvalue weighted by Crippen LogP contribution is 2.16. The molecule has 1 unspecified atom stereocenters. The third-order valence-electron chi connectivity index (χ3n) is 2.60. The molecule has 0 amide bonds. The van der Waals surface area contributed by atoms with Crippen molar-refractivity contribution in [1.82, 2.24) is 10.3 Å². The minimum Gasteiger partial charge on any atom is -0.445 e. The Morgan fingerprint density at radius 2 is 2.18 bits per heavy atom. The number of rotatable bonds is 4. The van der Waals surface area contributed by atoms with Crippen LogP contribution < -0.4 is 5.32 Å². The van der Waals surface area contributed by atoms with Crippen LogP contribution in [0.4, 0.5) is 4.39 Å². The Labute approximate surface area is 99.7 Å². The van der Waals surface area contributed by atoms with Gasteiger partial charge >= 0.3 is 0 Å². The molecule has 17 heavy (non-hydrogen) atoms.